The second kappa shape index (κ2) is 5.72. The normalized spacial score (nSPS) is 24.9. The van der Waals surface area contributed by atoms with Gasteiger partial charge in [-0.15, -0.1) is 0 Å². The predicted octanol–water partition coefficient (Wildman–Crippen LogP) is 4.54. The van der Waals surface area contributed by atoms with Gasteiger partial charge in [0, 0.05) is 6.04 Å². The van der Waals surface area contributed by atoms with Crippen molar-refractivity contribution < 1.29 is 17.6 Å². The van der Waals surface area contributed by atoms with Gasteiger partial charge in [-0.3, -0.25) is 0 Å². The molecule has 0 aliphatic heterocycles. The molecule has 5 heteroatoms. The minimum atomic E-state index is -4.65. The second-order valence-corrected chi connectivity index (χ2v) is 5.68. The molecule has 0 amide bonds. The Labute approximate surface area is 116 Å². The molecule has 0 radical (unpaired) electrons. The van der Waals surface area contributed by atoms with Gasteiger partial charge < -0.3 is 5.32 Å². The van der Waals surface area contributed by atoms with Gasteiger partial charge in [0.2, 0.25) is 0 Å². The van der Waals surface area contributed by atoms with E-state index < -0.39 is 17.6 Å². The molecular weight excluding hydrogens is 270 g/mol. The van der Waals surface area contributed by atoms with E-state index in [2.05, 4.69) is 12.2 Å². The molecule has 20 heavy (non-hydrogen) atoms. The number of alkyl halides is 3. The molecule has 1 N–H and O–H groups in total. The second-order valence-electron chi connectivity index (χ2n) is 5.68. The van der Waals surface area contributed by atoms with E-state index in [0.29, 0.717) is 17.4 Å². The molecule has 1 nitrogen and oxygen atoms in total. The zero-order chi connectivity index (χ0) is 14.9. The number of benzene rings is 1. The molecule has 1 aliphatic carbocycles. The van der Waals surface area contributed by atoms with Gasteiger partial charge in [-0.1, -0.05) is 19.4 Å². The highest BCUT2D eigenvalue weighted by Crippen LogP contribution is 2.40. The van der Waals surface area contributed by atoms with E-state index in [1.807, 2.05) is 0 Å². The number of halogens is 4. The lowest BCUT2D eigenvalue weighted by Crippen LogP contribution is -2.24. The van der Waals surface area contributed by atoms with Crippen molar-refractivity contribution in [1.29, 1.82) is 0 Å². The summed E-state index contributed by atoms with van der Waals surface area (Å²) in [6.45, 7) is 2.15. The van der Waals surface area contributed by atoms with E-state index in [0.717, 1.165) is 31.4 Å². The van der Waals surface area contributed by atoms with Crippen LogP contribution in [0.15, 0.2) is 18.2 Å². The molecule has 0 saturated heterocycles. The van der Waals surface area contributed by atoms with Crippen molar-refractivity contribution in [3.63, 3.8) is 0 Å². The average Bonchev–Trinajstić information content (AvgIpc) is 2.77. The summed E-state index contributed by atoms with van der Waals surface area (Å²) in [6, 6.07) is 3.16. The van der Waals surface area contributed by atoms with E-state index in [9.17, 15) is 17.6 Å². The Balaban J connectivity index is 2.31. The Hall–Kier alpha value is -1.10. The van der Waals surface area contributed by atoms with Crippen molar-refractivity contribution in [3.05, 3.63) is 35.1 Å². The molecule has 1 aromatic rings. The fourth-order valence-corrected chi connectivity index (χ4v) is 3.18. The Morgan fingerprint density at radius 2 is 1.95 bits per heavy atom. The van der Waals surface area contributed by atoms with Crippen molar-refractivity contribution in [3.8, 4) is 0 Å². The third-order valence-electron chi connectivity index (χ3n) is 4.17. The highest BCUT2D eigenvalue weighted by atomic mass is 19.4. The molecule has 0 spiro atoms. The maximum absolute atomic E-state index is 13.3. The first kappa shape index (κ1) is 15.3. The van der Waals surface area contributed by atoms with Crippen LogP contribution in [0.2, 0.25) is 0 Å². The minimum absolute atomic E-state index is 0.151. The van der Waals surface area contributed by atoms with Crippen LogP contribution in [0.4, 0.5) is 17.6 Å². The molecule has 112 valence electrons. The molecular formula is C15H19F4N. The lowest BCUT2D eigenvalue weighted by molar-refractivity contribution is -0.140. The molecule has 1 aliphatic rings. The summed E-state index contributed by atoms with van der Waals surface area (Å²) in [5.41, 5.74) is -0.665. The number of hydrogen-bond donors (Lipinski definition) is 1. The predicted molar refractivity (Wildman–Crippen MR) is 69.7 cm³/mol. The Kier molecular flexibility index (Phi) is 4.37. The molecule has 0 aromatic heterocycles. The van der Waals surface area contributed by atoms with Crippen LogP contribution in [-0.2, 0) is 6.18 Å². The molecule has 2 rings (SSSR count). The Morgan fingerprint density at radius 3 is 2.45 bits per heavy atom. The van der Waals surface area contributed by atoms with Gasteiger partial charge in [0.15, 0.2) is 0 Å². The molecule has 0 heterocycles. The van der Waals surface area contributed by atoms with Crippen molar-refractivity contribution in [2.75, 3.05) is 7.05 Å². The first-order chi connectivity index (χ1) is 9.32. The van der Waals surface area contributed by atoms with Crippen molar-refractivity contribution >= 4 is 0 Å². The summed E-state index contributed by atoms with van der Waals surface area (Å²) in [5.74, 6) is -0.309. The van der Waals surface area contributed by atoms with Crippen LogP contribution in [0.3, 0.4) is 0 Å². The summed E-state index contributed by atoms with van der Waals surface area (Å²) >= 11 is 0. The molecule has 1 aromatic carbocycles. The summed E-state index contributed by atoms with van der Waals surface area (Å²) in [5, 5.41) is 3.09. The lowest BCUT2D eigenvalue weighted by atomic mass is 9.90. The van der Waals surface area contributed by atoms with E-state index in [1.54, 1.807) is 7.05 Å². The quantitative estimate of drug-likeness (QED) is 0.805. The van der Waals surface area contributed by atoms with Crippen LogP contribution in [0.25, 0.3) is 0 Å². The van der Waals surface area contributed by atoms with Crippen molar-refractivity contribution in [2.24, 2.45) is 11.8 Å². The van der Waals surface area contributed by atoms with E-state index in [4.69, 9.17) is 0 Å². The smallest absolute Gasteiger partial charge is 0.313 e. The summed E-state index contributed by atoms with van der Waals surface area (Å²) in [6.07, 6.45) is -1.58. The first-order valence-corrected chi connectivity index (χ1v) is 6.86. The number of nitrogens with one attached hydrogen (secondary N) is 1. The van der Waals surface area contributed by atoms with Gasteiger partial charge in [-0.25, -0.2) is 4.39 Å². The summed E-state index contributed by atoms with van der Waals surface area (Å²) in [7, 11) is 1.74. The van der Waals surface area contributed by atoms with Crippen LogP contribution in [-0.4, -0.2) is 7.05 Å². The number of hydrogen-bond acceptors (Lipinski definition) is 1. The highest BCUT2D eigenvalue weighted by Gasteiger charge is 2.36. The van der Waals surface area contributed by atoms with Gasteiger partial charge in [-0.2, -0.15) is 13.2 Å². The topological polar surface area (TPSA) is 12.0 Å². The van der Waals surface area contributed by atoms with Crippen LogP contribution in [0, 0.1) is 17.7 Å². The lowest BCUT2D eigenvalue weighted by Gasteiger charge is -2.24. The van der Waals surface area contributed by atoms with Crippen LogP contribution in [0.5, 0.6) is 0 Å². The van der Waals surface area contributed by atoms with Crippen molar-refractivity contribution in [1.82, 2.24) is 5.32 Å². The zero-order valence-electron chi connectivity index (χ0n) is 11.6. The molecule has 3 atom stereocenters. The fourth-order valence-electron chi connectivity index (χ4n) is 3.18. The maximum atomic E-state index is 13.3. The third-order valence-corrected chi connectivity index (χ3v) is 4.17. The molecule has 3 unspecified atom stereocenters. The van der Waals surface area contributed by atoms with Crippen LogP contribution >= 0.6 is 0 Å². The monoisotopic (exact) mass is 289 g/mol. The van der Waals surface area contributed by atoms with Gasteiger partial charge in [0.1, 0.15) is 5.82 Å². The fraction of sp³-hybridized carbons (Fsp3) is 0.600. The van der Waals surface area contributed by atoms with Gasteiger partial charge in [-0.05, 0) is 49.4 Å². The van der Waals surface area contributed by atoms with Crippen LogP contribution < -0.4 is 5.32 Å². The summed E-state index contributed by atoms with van der Waals surface area (Å²) in [4.78, 5) is 0. The highest BCUT2D eigenvalue weighted by molar-refractivity contribution is 5.30. The van der Waals surface area contributed by atoms with E-state index in [-0.39, 0.29) is 6.04 Å². The van der Waals surface area contributed by atoms with Gasteiger partial charge in [0.25, 0.3) is 0 Å². The minimum Gasteiger partial charge on any atom is -0.313 e. The Morgan fingerprint density at radius 1 is 1.25 bits per heavy atom. The van der Waals surface area contributed by atoms with E-state index >= 15 is 0 Å². The van der Waals surface area contributed by atoms with Gasteiger partial charge >= 0.3 is 6.18 Å². The third kappa shape index (κ3) is 3.14. The Bertz CT molecular complexity index is 469. The van der Waals surface area contributed by atoms with Gasteiger partial charge in [0.05, 0.1) is 5.56 Å². The molecule has 0 bridgehead atoms. The first-order valence-electron chi connectivity index (χ1n) is 6.86. The largest absolute Gasteiger partial charge is 0.419 e. The van der Waals surface area contributed by atoms with Crippen molar-refractivity contribution in [2.45, 2.75) is 38.4 Å². The standard InChI is InChI=1S/C15H19F4N/c1-9-3-4-10(7-9)14(20-2)11-5-6-13(16)12(8-11)15(17,18)19/h5-6,8-10,14,20H,3-4,7H2,1-2H3. The van der Waals surface area contributed by atoms with Crippen LogP contribution in [0.1, 0.15) is 43.4 Å². The average molecular weight is 289 g/mol. The maximum Gasteiger partial charge on any atom is 0.419 e. The summed E-state index contributed by atoms with van der Waals surface area (Å²) < 4.78 is 51.7. The SMILES string of the molecule is CNC(c1ccc(F)c(C(F)(F)F)c1)C1CCC(C)C1. The zero-order valence-corrected chi connectivity index (χ0v) is 11.6. The molecule has 1 saturated carbocycles. The van der Waals surface area contributed by atoms with E-state index in [1.165, 1.54) is 6.07 Å². The number of rotatable bonds is 3. The molecule has 1 fully saturated rings.